The van der Waals surface area contributed by atoms with Crippen molar-refractivity contribution < 1.29 is 9.21 Å². The molecule has 5 heteroatoms. The number of para-hydroxylation sites is 1. The zero-order valence-corrected chi connectivity index (χ0v) is 14.9. The van der Waals surface area contributed by atoms with E-state index in [4.69, 9.17) is 4.42 Å². The molecule has 2 aromatic carbocycles. The molecule has 0 aliphatic rings. The van der Waals surface area contributed by atoms with E-state index < -0.39 is 0 Å². The van der Waals surface area contributed by atoms with E-state index in [2.05, 4.69) is 10.3 Å². The van der Waals surface area contributed by atoms with Crippen LogP contribution in [0.3, 0.4) is 0 Å². The van der Waals surface area contributed by atoms with Crippen molar-refractivity contribution in [3.63, 3.8) is 0 Å². The summed E-state index contributed by atoms with van der Waals surface area (Å²) < 4.78 is 5.38. The Labute approximate surface area is 155 Å². The van der Waals surface area contributed by atoms with Gasteiger partial charge >= 0.3 is 0 Å². The lowest BCUT2D eigenvalue weighted by atomic mass is 10.0. The summed E-state index contributed by atoms with van der Waals surface area (Å²) >= 11 is 1.45. The highest BCUT2D eigenvalue weighted by atomic mass is 32.1. The summed E-state index contributed by atoms with van der Waals surface area (Å²) in [5, 5.41) is 3.70. The summed E-state index contributed by atoms with van der Waals surface area (Å²) in [6.45, 7) is 1.89. The topological polar surface area (TPSA) is 55.1 Å². The van der Waals surface area contributed by atoms with Crippen LogP contribution in [-0.4, -0.2) is 10.9 Å². The quantitative estimate of drug-likeness (QED) is 0.513. The Morgan fingerprint density at radius 1 is 1.00 bits per heavy atom. The first-order valence-corrected chi connectivity index (χ1v) is 9.01. The molecule has 1 N–H and O–H groups in total. The van der Waals surface area contributed by atoms with Gasteiger partial charge in [-0.15, -0.1) is 11.3 Å². The molecule has 0 atom stereocenters. The second kappa shape index (κ2) is 6.98. The lowest BCUT2D eigenvalue weighted by molar-refractivity contribution is 0.102. The number of benzene rings is 2. The van der Waals surface area contributed by atoms with Gasteiger partial charge in [-0.1, -0.05) is 48.5 Å². The van der Waals surface area contributed by atoms with Crippen molar-refractivity contribution in [3.8, 4) is 21.9 Å². The molecule has 26 heavy (non-hydrogen) atoms. The normalized spacial score (nSPS) is 10.7. The van der Waals surface area contributed by atoms with Gasteiger partial charge in [0, 0.05) is 16.1 Å². The van der Waals surface area contributed by atoms with Crippen molar-refractivity contribution in [1.29, 1.82) is 0 Å². The zero-order valence-electron chi connectivity index (χ0n) is 14.1. The summed E-state index contributed by atoms with van der Waals surface area (Å²) in [6.07, 6.45) is 1.60. The molecule has 4 rings (SSSR count). The van der Waals surface area contributed by atoms with Crippen LogP contribution in [0.15, 0.2) is 77.4 Å². The molecule has 2 heterocycles. The van der Waals surface area contributed by atoms with E-state index in [1.54, 1.807) is 6.26 Å². The molecular weight excluding hydrogens is 344 g/mol. The summed E-state index contributed by atoms with van der Waals surface area (Å²) in [6, 6.07) is 21.4. The third-order valence-electron chi connectivity index (χ3n) is 4.00. The lowest BCUT2D eigenvalue weighted by Crippen LogP contribution is -2.14. The number of aryl methyl sites for hydroxylation is 1. The number of carbonyl (C=O) groups is 1. The SMILES string of the molecule is Cc1sc(-c2ccco2)nc1C(=O)Nc1ccccc1-c1ccccc1. The highest BCUT2D eigenvalue weighted by Crippen LogP contribution is 2.30. The average molecular weight is 360 g/mol. The minimum Gasteiger partial charge on any atom is -0.462 e. The molecule has 0 unspecified atom stereocenters. The number of hydrogen-bond acceptors (Lipinski definition) is 4. The van der Waals surface area contributed by atoms with Crippen molar-refractivity contribution in [3.05, 3.63) is 83.6 Å². The maximum Gasteiger partial charge on any atom is 0.275 e. The fourth-order valence-corrected chi connectivity index (χ4v) is 3.63. The molecular formula is C21H16N2O2S. The first-order chi connectivity index (χ1) is 12.7. The Kier molecular flexibility index (Phi) is 4.37. The molecule has 0 spiro atoms. The summed E-state index contributed by atoms with van der Waals surface area (Å²) in [7, 11) is 0. The van der Waals surface area contributed by atoms with E-state index in [-0.39, 0.29) is 5.91 Å². The van der Waals surface area contributed by atoms with Gasteiger partial charge in [0.15, 0.2) is 10.8 Å². The fourth-order valence-electron chi connectivity index (χ4n) is 2.76. The molecule has 1 amide bonds. The van der Waals surface area contributed by atoms with Crippen LogP contribution in [0.2, 0.25) is 0 Å². The van der Waals surface area contributed by atoms with E-state index in [0.717, 1.165) is 21.7 Å². The predicted molar refractivity (Wildman–Crippen MR) is 104 cm³/mol. The molecule has 128 valence electrons. The number of amides is 1. The highest BCUT2D eigenvalue weighted by Gasteiger charge is 2.18. The predicted octanol–water partition coefficient (Wildman–Crippen LogP) is 5.63. The molecule has 0 bridgehead atoms. The number of anilines is 1. The Balaban J connectivity index is 1.64. The molecule has 0 aliphatic heterocycles. The van der Waals surface area contributed by atoms with E-state index in [9.17, 15) is 4.79 Å². The zero-order chi connectivity index (χ0) is 17.9. The molecule has 0 saturated carbocycles. The van der Waals surface area contributed by atoms with Crippen molar-refractivity contribution in [2.24, 2.45) is 0 Å². The number of nitrogens with one attached hydrogen (secondary N) is 1. The van der Waals surface area contributed by atoms with Gasteiger partial charge in [0.1, 0.15) is 5.69 Å². The monoisotopic (exact) mass is 360 g/mol. The highest BCUT2D eigenvalue weighted by molar-refractivity contribution is 7.15. The number of rotatable bonds is 4. The van der Waals surface area contributed by atoms with Gasteiger partial charge in [-0.25, -0.2) is 4.98 Å². The maximum atomic E-state index is 12.8. The van der Waals surface area contributed by atoms with Crippen LogP contribution in [0.1, 0.15) is 15.4 Å². The van der Waals surface area contributed by atoms with Gasteiger partial charge < -0.3 is 9.73 Å². The Morgan fingerprint density at radius 3 is 2.54 bits per heavy atom. The van der Waals surface area contributed by atoms with Gasteiger partial charge in [0.05, 0.1) is 6.26 Å². The van der Waals surface area contributed by atoms with Crippen molar-refractivity contribution in [1.82, 2.24) is 4.98 Å². The van der Waals surface area contributed by atoms with E-state index >= 15 is 0 Å². The average Bonchev–Trinajstić information content (AvgIpc) is 3.32. The second-order valence-electron chi connectivity index (χ2n) is 5.77. The molecule has 4 nitrogen and oxygen atoms in total. The van der Waals surface area contributed by atoms with E-state index in [0.29, 0.717) is 16.5 Å². The smallest absolute Gasteiger partial charge is 0.275 e. The first kappa shape index (κ1) is 16.3. The van der Waals surface area contributed by atoms with Crippen LogP contribution in [0.4, 0.5) is 5.69 Å². The molecule has 0 radical (unpaired) electrons. The summed E-state index contributed by atoms with van der Waals surface area (Å²) in [4.78, 5) is 18.1. The molecule has 4 aromatic rings. The number of nitrogens with zero attached hydrogens (tertiary/aromatic N) is 1. The molecule has 2 aromatic heterocycles. The fraction of sp³-hybridized carbons (Fsp3) is 0.0476. The molecule has 0 saturated heterocycles. The first-order valence-electron chi connectivity index (χ1n) is 8.19. The number of thiazole rings is 1. The lowest BCUT2D eigenvalue weighted by Gasteiger charge is -2.10. The number of hydrogen-bond donors (Lipinski definition) is 1. The molecule has 0 fully saturated rings. The molecule has 0 aliphatic carbocycles. The van der Waals surface area contributed by atoms with Crippen LogP contribution >= 0.6 is 11.3 Å². The number of carbonyl (C=O) groups excluding carboxylic acids is 1. The van der Waals surface area contributed by atoms with Gasteiger partial charge in [0.25, 0.3) is 5.91 Å². The Morgan fingerprint density at radius 2 is 1.77 bits per heavy atom. The minimum absolute atomic E-state index is 0.222. The largest absolute Gasteiger partial charge is 0.462 e. The van der Waals surface area contributed by atoms with Gasteiger partial charge in [-0.05, 0) is 30.7 Å². The van der Waals surface area contributed by atoms with Crippen LogP contribution in [-0.2, 0) is 0 Å². The maximum absolute atomic E-state index is 12.8. The minimum atomic E-state index is -0.222. The number of aromatic nitrogens is 1. The summed E-state index contributed by atoms with van der Waals surface area (Å²) in [5.41, 5.74) is 3.20. The Hall–Kier alpha value is -3.18. The van der Waals surface area contributed by atoms with Gasteiger partial charge in [-0.2, -0.15) is 0 Å². The third-order valence-corrected chi connectivity index (χ3v) is 4.99. The van der Waals surface area contributed by atoms with Crippen LogP contribution < -0.4 is 5.32 Å². The van der Waals surface area contributed by atoms with Crippen LogP contribution in [0, 0.1) is 6.92 Å². The van der Waals surface area contributed by atoms with E-state index in [1.807, 2.05) is 73.7 Å². The standard InChI is InChI=1S/C21H16N2O2S/c1-14-19(23-21(26-14)18-12-7-13-25-18)20(24)22-17-11-6-5-10-16(17)15-8-3-2-4-9-15/h2-13H,1H3,(H,22,24). The van der Waals surface area contributed by atoms with Crippen molar-refractivity contribution >= 4 is 22.9 Å². The third kappa shape index (κ3) is 3.17. The van der Waals surface area contributed by atoms with E-state index in [1.165, 1.54) is 11.3 Å². The second-order valence-corrected chi connectivity index (χ2v) is 6.97. The van der Waals surface area contributed by atoms with Gasteiger partial charge in [0.2, 0.25) is 0 Å². The van der Waals surface area contributed by atoms with Crippen LogP contribution in [0.25, 0.3) is 21.9 Å². The summed E-state index contributed by atoms with van der Waals surface area (Å²) in [5.74, 6) is 0.446. The van der Waals surface area contributed by atoms with Crippen molar-refractivity contribution in [2.75, 3.05) is 5.32 Å². The Bertz CT molecular complexity index is 1040. The number of furan rings is 1. The van der Waals surface area contributed by atoms with Gasteiger partial charge in [-0.3, -0.25) is 4.79 Å². The van der Waals surface area contributed by atoms with Crippen molar-refractivity contribution in [2.45, 2.75) is 6.92 Å². The van der Waals surface area contributed by atoms with Crippen LogP contribution in [0.5, 0.6) is 0 Å².